The molecule has 0 unspecified atom stereocenters. The fourth-order valence-corrected chi connectivity index (χ4v) is 4.46. The van der Waals surface area contributed by atoms with Crippen LogP contribution >= 0.6 is 0 Å². The van der Waals surface area contributed by atoms with Crippen LogP contribution in [0.2, 0.25) is 0 Å². The summed E-state index contributed by atoms with van der Waals surface area (Å²) in [5, 5.41) is 0. The minimum absolute atomic E-state index is 0.149. The van der Waals surface area contributed by atoms with Crippen LogP contribution in [0.25, 0.3) is 0 Å². The number of carbonyl (C=O) groups excluding carboxylic acids is 1. The van der Waals surface area contributed by atoms with Gasteiger partial charge in [0.15, 0.2) is 6.61 Å². The zero-order chi connectivity index (χ0) is 29.9. The van der Waals surface area contributed by atoms with Gasteiger partial charge in [0.2, 0.25) is 0 Å². The number of benzene rings is 1. The van der Waals surface area contributed by atoms with Crippen LogP contribution in [0.3, 0.4) is 0 Å². The molecule has 0 heterocycles. The molecule has 0 aromatic heterocycles. The van der Waals surface area contributed by atoms with E-state index in [-0.39, 0.29) is 5.92 Å². The Morgan fingerprint density at radius 1 is 0.821 bits per heavy atom. The van der Waals surface area contributed by atoms with Gasteiger partial charge in [-0.05, 0) is 55.2 Å². The number of ether oxygens (including phenoxy) is 1. The number of rotatable bonds is 13. The van der Waals surface area contributed by atoms with Gasteiger partial charge in [0.1, 0.15) is 0 Å². The lowest BCUT2D eigenvalue weighted by Gasteiger charge is -2.38. The molecule has 0 aliphatic heterocycles. The quantitative estimate of drug-likeness (QED) is 0.131. The number of hydrogen-bond donors (Lipinski definition) is 0. The molecule has 0 radical (unpaired) electrons. The van der Waals surface area contributed by atoms with Crippen molar-refractivity contribution in [2.45, 2.75) is 100 Å². The number of alkyl halides is 12. The van der Waals surface area contributed by atoms with Crippen LogP contribution in [-0.2, 0) is 4.74 Å². The highest BCUT2D eigenvalue weighted by molar-refractivity contribution is 5.89. The first-order valence-corrected chi connectivity index (χ1v) is 12.3. The molecule has 1 aliphatic carbocycles. The summed E-state index contributed by atoms with van der Waals surface area (Å²) in [5.41, 5.74) is 0.338. The van der Waals surface area contributed by atoms with E-state index in [9.17, 15) is 57.5 Å². The Balaban J connectivity index is 2.04. The summed E-state index contributed by atoms with van der Waals surface area (Å²) in [5.74, 6) is -37.0. The zero-order valence-corrected chi connectivity index (χ0v) is 20.8. The minimum atomic E-state index is -7.66. The number of unbranched alkanes of at least 4 members (excludes halogenated alkanes) is 2. The first-order chi connectivity index (χ1) is 17.8. The number of hydrogen-bond acceptors (Lipinski definition) is 2. The van der Waals surface area contributed by atoms with Crippen LogP contribution in [-0.4, -0.2) is 48.6 Å². The molecule has 39 heavy (non-hydrogen) atoms. The van der Waals surface area contributed by atoms with Gasteiger partial charge in [0.25, 0.3) is 0 Å². The van der Waals surface area contributed by atoms with Gasteiger partial charge in [-0.15, -0.1) is 0 Å². The molecular formula is C25H28F12O2. The third kappa shape index (κ3) is 6.61. The molecule has 1 saturated carbocycles. The van der Waals surface area contributed by atoms with Crippen LogP contribution in [0, 0.1) is 5.92 Å². The van der Waals surface area contributed by atoms with Gasteiger partial charge in [-0.25, -0.2) is 13.6 Å². The molecule has 14 heteroatoms. The van der Waals surface area contributed by atoms with Crippen LogP contribution in [0.4, 0.5) is 52.7 Å². The molecule has 2 rings (SSSR count). The van der Waals surface area contributed by atoms with Crippen molar-refractivity contribution in [3.05, 3.63) is 35.4 Å². The first-order valence-electron chi connectivity index (χ1n) is 12.3. The molecule has 1 fully saturated rings. The maximum Gasteiger partial charge on any atom is 0.384 e. The lowest BCUT2D eigenvalue weighted by atomic mass is 9.77. The molecule has 2 nitrogen and oxygen atoms in total. The second kappa shape index (κ2) is 12.2. The van der Waals surface area contributed by atoms with E-state index in [1.165, 1.54) is 12.1 Å². The third-order valence-electron chi connectivity index (χ3n) is 7.01. The molecule has 1 aliphatic rings. The Morgan fingerprint density at radius 2 is 1.36 bits per heavy atom. The van der Waals surface area contributed by atoms with Gasteiger partial charge in [-0.1, -0.05) is 44.7 Å². The Morgan fingerprint density at radius 3 is 1.85 bits per heavy atom. The molecule has 0 amide bonds. The van der Waals surface area contributed by atoms with Crippen LogP contribution in [0.5, 0.6) is 0 Å². The molecule has 0 atom stereocenters. The molecule has 1 aromatic rings. The highest BCUT2D eigenvalue weighted by Gasteiger charge is 2.87. The standard InChI is InChI=1S/C25H28F12O2/c1-2-3-4-5-15-6-8-16(9-7-15)17-10-12-18(13-11-17)19(38)39-14-21(28,29)23(32,33)25(36,37)24(34,35)22(30,31)20(26)27/h10-13,15-16,20H,2-9,14H2,1H3. The summed E-state index contributed by atoms with van der Waals surface area (Å²) >= 11 is 0. The van der Waals surface area contributed by atoms with E-state index >= 15 is 0 Å². The summed E-state index contributed by atoms with van der Waals surface area (Å²) in [6.07, 6.45) is 2.70. The molecule has 0 bridgehead atoms. The fourth-order valence-electron chi connectivity index (χ4n) is 4.46. The van der Waals surface area contributed by atoms with Crippen LogP contribution < -0.4 is 0 Å². The van der Waals surface area contributed by atoms with Crippen molar-refractivity contribution in [2.24, 2.45) is 5.92 Å². The van der Waals surface area contributed by atoms with Crippen molar-refractivity contribution in [2.75, 3.05) is 6.61 Å². The summed E-state index contributed by atoms with van der Waals surface area (Å²) in [4.78, 5) is 12.0. The smallest absolute Gasteiger partial charge is 0.384 e. The number of carbonyl (C=O) groups is 1. The molecular weight excluding hydrogens is 560 g/mol. The Kier molecular flexibility index (Phi) is 10.3. The highest BCUT2D eigenvalue weighted by atomic mass is 19.4. The molecule has 0 spiro atoms. The maximum absolute atomic E-state index is 13.9. The van der Waals surface area contributed by atoms with Gasteiger partial charge in [-0.3, -0.25) is 0 Å². The van der Waals surface area contributed by atoms with Crippen molar-refractivity contribution >= 4 is 5.97 Å². The second-order valence-electron chi connectivity index (χ2n) is 9.76. The average molecular weight is 588 g/mol. The van der Waals surface area contributed by atoms with E-state index in [0.29, 0.717) is 5.92 Å². The van der Waals surface area contributed by atoms with Gasteiger partial charge < -0.3 is 4.74 Å². The molecule has 0 N–H and O–H groups in total. The van der Waals surface area contributed by atoms with Gasteiger partial charge in [-0.2, -0.15) is 43.9 Å². The van der Waals surface area contributed by atoms with Crippen molar-refractivity contribution in [1.29, 1.82) is 0 Å². The van der Waals surface area contributed by atoms with Gasteiger partial charge in [0, 0.05) is 0 Å². The van der Waals surface area contributed by atoms with E-state index < -0.39 is 54.2 Å². The fraction of sp³-hybridized carbons (Fsp3) is 0.720. The lowest BCUT2D eigenvalue weighted by Crippen LogP contribution is -2.69. The Bertz CT molecular complexity index is 939. The molecule has 0 saturated heterocycles. The van der Waals surface area contributed by atoms with Crippen molar-refractivity contribution in [3.8, 4) is 0 Å². The summed E-state index contributed by atoms with van der Waals surface area (Å²) in [6, 6.07) is 5.14. The van der Waals surface area contributed by atoms with Gasteiger partial charge in [0.05, 0.1) is 5.56 Å². The lowest BCUT2D eigenvalue weighted by molar-refractivity contribution is -0.414. The van der Waals surface area contributed by atoms with Gasteiger partial charge >= 0.3 is 42.0 Å². The monoisotopic (exact) mass is 588 g/mol. The summed E-state index contributed by atoms with van der Waals surface area (Å²) in [7, 11) is 0. The third-order valence-corrected chi connectivity index (χ3v) is 7.01. The average Bonchev–Trinajstić information content (AvgIpc) is 2.87. The Hall–Kier alpha value is -2.15. The van der Waals surface area contributed by atoms with Crippen molar-refractivity contribution in [3.63, 3.8) is 0 Å². The SMILES string of the molecule is CCCCCC1CCC(c2ccc(C(=O)OCC(F)(F)C(F)(F)C(F)(F)C(F)(F)C(F)(F)C(F)F)cc2)CC1. The second-order valence-corrected chi connectivity index (χ2v) is 9.76. The largest absolute Gasteiger partial charge is 0.455 e. The van der Waals surface area contributed by atoms with E-state index in [0.717, 1.165) is 69.1 Å². The summed E-state index contributed by atoms with van der Waals surface area (Å²) in [6.45, 7) is -0.810. The van der Waals surface area contributed by atoms with E-state index in [1.807, 2.05) is 0 Å². The van der Waals surface area contributed by atoms with E-state index in [4.69, 9.17) is 0 Å². The topological polar surface area (TPSA) is 26.3 Å². The normalized spacial score (nSPS) is 19.8. The van der Waals surface area contributed by atoms with E-state index in [2.05, 4.69) is 11.7 Å². The van der Waals surface area contributed by atoms with Crippen molar-refractivity contribution < 1.29 is 62.2 Å². The molecule has 224 valence electrons. The van der Waals surface area contributed by atoms with Crippen LogP contribution in [0.1, 0.15) is 80.1 Å². The van der Waals surface area contributed by atoms with E-state index in [1.54, 1.807) is 0 Å². The predicted molar refractivity (Wildman–Crippen MR) is 116 cm³/mol. The zero-order valence-electron chi connectivity index (χ0n) is 20.8. The number of halogens is 12. The minimum Gasteiger partial charge on any atom is -0.455 e. The number of esters is 1. The predicted octanol–water partition coefficient (Wildman–Crippen LogP) is 9.14. The Labute approximate surface area is 217 Å². The first kappa shape index (κ1) is 33.1. The summed E-state index contributed by atoms with van der Waals surface area (Å²) < 4.78 is 163. The maximum atomic E-state index is 13.9. The molecule has 1 aromatic carbocycles. The van der Waals surface area contributed by atoms with Crippen LogP contribution in [0.15, 0.2) is 24.3 Å². The van der Waals surface area contributed by atoms with Crippen molar-refractivity contribution in [1.82, 2.24) is 0 Å². The highest BCUT2D eigenvalue weighted by Crippen LogP contribution is 2.58.